The minimum absolute atomic E-state index is 0.200. The number of carbonyl (C=O) groups is 1. The van der Waals surface area contributed by atoms with Gasteiger partial charge >= 0.3 is 5.97 Å². The molecule has 2 heterocycles. The normalized spacial score (nSPS) is 16.3. The Morgan fingerprint density at radius 1 is 1.13 bits per heavy atom. The Morgan fingerprint density at radius 2 is 1.93 bits per heavy atom. The van der Waals surface area contributed by atoms with E-state index in [1.165, 1.54) is 12.1 Å². The number of benzene rings is 2. The number of aliphatic carboxylic acids is 1. The summed E-state index contributed by atoms with van der Waals surface area (Å²) in [4.78, 5) is 22.9. The predicted octanol–water partition coefficient (Wildman–Crippen LogP) is 5.22. The molecule has 3 aromatic rings. The van der Waals surface area contributed by atoms with E-state index in [0.717, 1.165) is 65.9 Å². The van der Waals surface area contributed by atoms with Crippen molar-refractivity contribution < 1.29 is 14.3 Å². The van der Waals surface area contributed by atoms with Crippen LogP contribution in [0.3, 0.4) is 0 Å². The lowest BCUT2D eigenvalue weighted by atomic mass is 10.1. The first kappa shape index (κ1) is 20.3. The van der Waals surface area contributed by atoms with E-state index in [1.54, 1.807) is 12.1 Å². The van der Waals surface area contributed by atoms with Gasteiger partial charge in [0.1, 0.15) is 11.5 Å². The molecule has 0 saturated carbocycles. The first-order valence-corrected chi connectivity index (χ1v) is 10.6. The molecule has 0 unspecified atom stereocenters. The zero-order valence-electron chi connectivity index (χ0n) is 17.1. The number of nitrogens with zero attached hydrogens (tertiary/aromatic N) is 3. The predicted molar refractivity (Wildman–Crippen MR) is 116 cm³/mol. The molecule has 156 valence electrons. The van der Waals surface area contributed by atoms with Crippen molar-refractivity contribution in [2.45, 2.75) is 51.5 Å². The van der Waals surface area contributed by atoms with Crippen LogP contribution in [0.25, 0.3) is 22.3 Å². The third kappa shape index (κ3) is 4.42. The summed E-state index contributed by atoms with van der Waals surface area (Å²) in [6.07, 6.45) is 4.75. The van der Waals surface area contributed by atoms with Crippen molar-refractivity contribution >= 4 is 22.8 Å². The standard InChI is InChI=1S/C24H26FN3O2/c1-16-5-4-14-28(16)24-23(18-9-11-19(25)12-10-18)26-20-13-8-17(15-21(20)27-24)6-2-3-7-22(29)30/h8-13,15-16H,2-7,14H2,1H3,(H,29,30)/t16-/m0/s1. The average Bonchev–Trinajstić information content (AvgIpc) is 3.16. The van der Waals surface area contributed by atoms with E-state index in [-0.39, 0.29) is 12.2 Å². The molecular weight excluding hydrogens is 381 g/mol. The molecule has 1 saturated heterocycles. The molecule has 5 nitrogen and oxygen atoms in total. The summed E-state index contributed by atoms with van der Waals surface area (Å²) in [7, 11) is 0. The van der Waals surface area contributed by atoms with Crippen LogP contribution in [0.15, 0.2) is 42.5 Å². The Hall–Kier alpha value is -3.02. The summed E-state index contributed by atoms with van der Waals surface area (Å²) >= 11 is 0. The second-order valence-corrected chi connectivity index (χ2v) is 8.01. The molecule has 0 radical (unpaired) electrons. The number of hydrogen-bond acceptors (Lipinski definition) is 4. The summed E-state index contributed by atoms with van der Waals surface area (Å²) in [6.45, 7) is 3.14. The van der Waals surface area contributed by atoms with Gasteiger partial charge in [-0.05, 0) is 81.0 Å². The summed E-state index contributed by atoms with van der Waals surface area (Å²) in [6, 6.07) is 12.9. The fourth-order valence-electron chi connectivity index (χ4n) is 4.10. The van der Waals surface area contributed by atoms with E-state index in [1.807, 2.05) is 12.1 Å². The zero-order chi connectivity index (χ0) is 21.1. The van der Waals surface area contributed by atoms with Gasteiger partial charge in [0, 0.05) is 24.6 Å². The highest BCUT2D eigenvalue weighted by molar-refractivity contribution is 5.84. The van der Waals surface area contributed by atoms with Crippen LogP contribution in [0.5, 0.6) is 0 Å². The summed E-state index contributed by atoms with van der Waals surface area (Å²) < 4.78 is 13.5. The fourth-order valence-corrected chi connectivity index (χ4v) is 4.10. The average molecular weight is 407 g/mol. The lowest BCUT2D eigenvalue weighted by Gasteiger charge is -2.25. The van der Waals surface area contributed by atoms with Crippen LogP contribution >= 0.6 is 0 Å². The highest BCUT2D eigenvalue weighted by Crippen LogP contribution is 2.34. The van der Waals surface area contributed by atoms with Crippen molar-refractivity contribution in [2.24, 2.45) is 0 Å². The van der Waals surface area contributed by atoms with Gasteiger partial charge in [-0.25, -0.2) is 14.4 Å². The minimum Gasteiger partial charge on any atom is -0.481 e. The van der Waals surface area contributed by atoms with Crippen LogP contribution in [0.1, 0.15) is 44.6 Å². The van der Waals surface area contributed by atoms with Crippen molar-refractivity contribution in [2.75, 3.05) is 11.4 Å². The molecule has 4 rings (SSSR count). The quantitative estimate of drug-likeness (QED) is 0.544. The lowest BCUT2D eigenvalue weighted by Crippen LogP contribution is -2.28. The van der Waals surface area contributed by atoms with Gasteiger partial charge in [0.05, 0.1) is 11.0 Å². The number of halogens is 1. The third-order valence-corrected chi connectivity index (χ3v) is 5.76. The number of unbranched alkanes of at least 4 members (excludes halogenated alkanes) is 1. The second-order valence-electron chi connectivity index (χ2n) is 8.01. The van der Waals surface area contributed by atoms with Crippen molar-refractivity contribution in [3.05, 3.63) is 53.8 Å². The molecule has 0 spiro atoms. The Morgan fingerprint density at radius 3 is 2.63 bits per heavy atom. The summed E-state index contributed by atoms with van der Waals surface area (Å²) in [5.74, 6) is -0.171. The van der Waals surface area contributed by atoms with Gasteiger partial charge in [0.2, 0.25) is 0 Å². The van der Waals surface area contributed by atoms with Gasteiger partial charge in [-0.15, -0.1) is 0 Å². The SMILES string of the molecule is C[C@H]1CCCN1c1nc2cc(CCCCC(=O)O)ccc2nc1-c1ccc(F)cc1. The number of hydrogen-bond donors (Lipinski definition) is 1. The minimum atomic E-state index is -0.753. The zero-order valence-corrected chi connectivity index (χ0v) is 17.1. The molecule has 0 amide bonds. The number of aryl methyl sites for hydroxylation is 1. The van der Waals surface area contributed by atoms with Gasteiger partial charge < -0.3 is 10.0 Å². The fraction of sp³-hybridized carbons (Fsp3) is 0.375. The number of carboxylic acids is 1. The number of aromatic nitrogens is 2. The molecule has 30 heavy (non-hydrogen) atoms. The molecule has 1 aliphatic rings. The van der Waals surface area contributed by atoms with Crippen LogP contribution in [-0.2, 0) is 11.2 Å². The molecule has 1 aromatic heterocycles. The first-order valence-electron chi connectivity index (χ1n) is 10.6. The topological polar surface area (TPSA) is 66.3 Å². The van der Waals surface area contributed by atoms with Crippen LogP contribution in [0.2, 0.25) is 0 Å². The monoisotopic (exact) mass is 407 g/mol. The Bertz CT molecular complexity index is 1050. The number of rotatable bonds is 7. The molecule has 1 atom stereocenters. The van der Waals surface area contributed by atoms with Crippen molar-refractivity contribution in [3.63, 3.8) is 0 Å². The van der Waals surface area contributed by atoms with E-state index in [9.17, 15) is 9.18 Å². The molecule has 1 N–H and O–H groups in total. The van der Waals surface area contributed by atoms with E-state index < -0.39 is 5.97 Å². The molecule has 0 aliphatic carbocycles. The Balaban J connectivity index is 1.70. The highest BCUT2D eigenvalue weighted by atomic mass is 19.1. The van der Waals surface area contributed by atoms with Crippen LogP contribution < -0.4 is 4.90 Å². The first-order chi connectivity index (χ1) is 14.5. The number of fused-ring (bicyclic) bond motifs is 1. The molecule has 2 aromatic carbocycles. The Labute approximate surface area is 175 Å². The maximum absolute atomic E-state index is 13.5. The summed E-state index contributed by atoms with van der Waals surface area (Å²) in [5.41, 5.74) is 4.42. The van der Waals surface area contributed by atoms with Gasteiger partial charge in [0.15, 0.2) is 5.82 Å². The second kappa shape index (κ2) is 8.78. The van der Waals surface area contributed by atoms with E-state index in [4.69, 9.17) is 15.1 Å². The smallest absolute Gasteiger partial charge is 0.303 e. The number of carboxylic acid groups (broad SMARTS) is 1. The van der Waals surface area contributed by atoms with Gasteiger partial charge in [0.25, 0.3) is 0 Å². The Kier molecular flexibility index (Phi) is 5.93. The van der Waals surface area contributed by atoms with Gasteiger partial charge in [-0.1, -0.05) is 6.07 Å². The van der Waals surface area contributed by atoms with E-state index in [2.05, 4.69) is 17.9 Å². The molecule has 6 heteroatoms. The van der Waals surface area contributed by atoms with Crippen molar-refractivity contribution in [1.29, 1.82) is 0 Å². The van der Waals surface area contributed by atoms with Crippen molar-refractivity contribution in [3.8, 4) is 11.3 Å². The molecule has 1 fully saturated rings. The van der Waals surface area contributed by atoms with Crippen LogP contribution in [-0.4, -0.2) is 33.6 Å². The van der Waals surface area contributed by atoms with Gasteiger partial charge in [-0.2, -0.15) is 0 Å². The molecular formula is C24H26FN3O2. The van der Waals surface area contributed by atoms with Crippen LogP contribution in [0, 0.1) is 5.82 Å². The third-order valence-electron chi connectivity index (χ3n) is 5.76. The maximum atomic E-state index is 13.5. The van der Waals surface area contributed by atoms with Crippen molar-refractivity contribution in [1.82, 2.24) is 9.97 Å². The number of anilines is 1. The van der Waals surface area contributed by atoms with Crippen LogP contribution in [0.4, 0.5) is 10.2 Å². The van der Waals surface area contributed by atoms with E-state index in [0.29, 0.717) is 12.5 Å². The van der Waals surface area contributed by atoms with E-state index >= 15 is 0 Å². The molecule has 1 aliphatic heterocycles. The molecule has 0 bridgehead atoms. The maximum Gasteiger partial charge on any atom is 0.303 e. The highest BCUT2D eigenvalue weighted by Gasteiger charge is 2.26. The largest absolute Gasteiger partial charge is 0.481 e. The lowest BCUT2D eigenvalue weighted by molar-refractivity contribution is -0.137. The summed E-state index contributed by atoms with van der Waals surface area (Å²) in [5, 5.41) is 8.80. The van der Waals surface area contributed by atoms with Gasteiger partial charge in [-0.3, -0.25) is 4.79 Å².